The molecular formula is C5H10AgNO2. The van der Waals surface area contributed by atoms with E-state index in [0.29, 0.717) is 0 Å². The van der Waals surface area contributed by atoms with Crippen molar-refractivity contribution in [2.45, 2.75) is 19.9 Å². The molecule has 0 aromatic rings. The van der Waals surface area contributed by atoms with Crippen LogP contribution >= 0.6 is 0 Å². The topological polar surface area (TPSA) is 66.2 Å². The van der Waals surface area contributed by atoms with E-state index in [1.165, 1.54) is 0 Å². The Morgan fingerprint density at radius 1 is 1.56 bits per heavy atom. The number of aliphatic carboxylic acids is 1. The van der Waals surface area contributed by atoms with E-state index in [1.54, 1.807) is 13.8 Å². The first-order valence-corrected chi connectivity index (χ1v) is 2.52. The number of hydrogen-bond acceptors (Lipinski definition) is 3. The van der Waals surface area contributed by atoms with Crippen molar-refractivity contribution in [2.24, 2.45) is 11.7 Å². The molecule has 0 saturated heterocycles. The average Bonchev–Trinajstić information content (AvgIpc) is 1.64. The van der Waals surface area contributed by atoms with Gasteiger partial charge in [-0.15, -0.1) is 0 Å². The van der Waals surface area contributed by atoms with Crippen LogP contribution in [0.1, 0.15) is 13.8 Å². The van der Waals surface area contributed by atoms with Gasteiger partial charge < -0.3 is 15.6 Å². The summed E-state index contributed by atoms with van der Waals surface area (Å²) >= 11 is 0. The standard InChI is InChI=1S/C5H11NO2.Ag/c1-3(2)4(6)5(7)8;/h3-4H,6H2,1-2H3,(H,7,8);/q;+1/p-1/t4-;/m0./s1. The number of carbonyl (C=O) groups is 1. The SMILES string of the molecule is CC(C)[C@H](N)C(=O)[O-].[Ag+]. The average molecular weight is 224 g/mol. The fourth-order valence-corrected chi connectivity index (χ4v) is 0.272. The minimum absolute atomic E-state index is 0. The van der Waals surface area contributed by atoms with Crippen LogP contribution in [0.3, 0.4) is 0 Å². The maximum absolute atomic E-state index is 9.90. The Kier molecular flexibility index (Phi) is 6.61. The number of carboxylic acids is 1. The van der Waals surface area contributed by atoms with Crippen LogP contribution < -0.4 is 10.8 Å². The van der Waals surface area contributed by atoms with Gasteiger partial charge in [-0.1, -0.05) is 13.8 Å². The van der Waals surface area contributed by atoms with Crippen LogP contribution in [0.5, 0.6) is 0 Å². The first-order chi connectivity index (χ1) is 3.55. The summed E-state index contributed by atoms with van der Waals surface area (Å²) < 4.78 is 0. The summed E-state index contributed by atoms with van der Waals surface area (Å²) in [4.78, 5) is 9.90. The predicted octanol–water partition coefficient (Wildman–Crippen LogP) is -1.28. The van der Waals surface area contributed by atoms with E-state index in [2.05, 4.69) is 0 Å². The molecule has 4 heteroatoms. The Hall–Kier alpha value is 0.170. The third-order valence-corrected chi connectivity index (χ3v) is 0.990. The molecule has 0 heterocycles. The van der Waals surface area contributed by atoms with Crippen molar-refractivity contribution in [3.05, 3.63) is 0 Å². The summed E-state index contributed by atoms with van der Waals surface area (Å²) in [5.74, 6) is -1.22. The van der Waals surface area contributed by atoms with Crippen LogP contribution in [-0.4, -0.2) is 12.0 Å². The summed E-state index contributed by atoms with van der Waals surface area (Å²) in [7, 11) is 0. The Morgan fingerprint density at radius 3 is 1.89 bits per heavy atom. The second-order valence-electron chi connectivity index (χ2n) is 2.09. The quantitative estimate of drug-likeness (QED) is 0.594. The van der Waals surface area contributed by atoms with Gasteiger partial charge in [0, 0.05) is 6.04 Å². The van der Waals surface area contributed by atoms with Gasteiger partial charge in [-0.05, 0) is 5.92 Å². The van der Waals surface area contributed by atoms with Gasteiger partial charge in [0.2, 0.25) is 0 Å². The van der Waals surface area contributed by atoms with E-state index < -0.39 is 12.0 Å². The van der Waals surface area contributed by atoms with Crippen molar-refractivity contribution >= 4 is 5.97 Å². The predicted molar refractivity (Wildman–Crippen MR) is 27.8 cm³/mol. The Balaban J connectivity index is 0. The molecule has 0 fully saturated rings. The second-order valence-corrected chi connectivity index (χ2v) is 2.09. The Labute approximate surface area is 70.1 Å². The zero-order chi connectivity index (χ0) is 6.73. The molecular weight excluding hydrogens is 214 g/mol. The molecule has 1 atom stereocenters. The molecule has 0 aromatic carbocycles. The van der Waals surface area contributed by atoms with Gasteiger partial charge in [-0.25, -0.2) is 0 Å². The molecule has 0 saturated carbocycles. The molecule has 0 unspecified atom stereocenters. The fourth-order valence-electron chi connectivity index (χ4n) is 0.272. The summed E-state index contributed by atoms with van der Waals surface area (Å²) in [5.41, 5.74) is 5.10. The van der Waals surface area contributed by atoms with E-state index in [9.17, 15) is 9.90 Å². The van der Waals surface area contributed by atoms with Gasteiger partial charge in [0.05, 0.1) is 5.97 Å². The van der Waals surface area contributed by atoms with E-state index in [0.717, 1.165) is 0 Å². The molecule has 0 amide bonds. The van der Waals surface area contributed by atoms with E-state index in [4.69, 9.17) is 5.73 Å². The smallest absolute Gasteiger partial charge is 0.548 e. The molecule has 0 bridgehead atoms. The maximum atomic E-state index is 9.90. The van der Waals surface area contributed by atoms with Gasteiger partial charge in [0.25, 0.3) is 0 Å². The molecule has 0 aromatic heterocycles. The fraction of sp³-hybridized carbons (Fsp3) is 0.800. The monoisotopic (exact) mass is 223 g/mol. The number of hydrogen-bond donors (Lipinski definition) is 1. The Bertz CT molecular complexity index is 95.0. The molecule has 3 nitrogen and oxygen atoms in total. The molecule has 0 aliphatic rings. The molecule has 58 valence electrons. The molecule has 0 radical (unpaired) electrons. The van der Waals surface area contributed by atoms with Gasteiger partial charge >= 0.3 is 22.4 Å². The summed E-state index contributed by atoms with van der Waals surface area (Å²) in [6.45, 7) is 3.47. The zero-order valence-corrected chi connectivity index (χ0v) is 6.83. The van der Waals surface area contributed by atoms with Crippen molar-refractivity contribution in [1.29, 1.82) is 0 Å². The van der Waals surface area contributed by atoms with Crippen molar-refractivity contribution < 1.29 is 32.3 Å². The largest absolute Gasteiger partial charge is 1.00 e. The van der Waals surface area contributed by atoms with Crippen molar-refractivity contribution in [1.82, 2.24) is 0 Å². The number of carbonyl (C=O) groups excluding carboxylic acids is 1. The molecule has 0 aliphatic heterocycles. The zero-order valence-electron chi connectivity index (χ0n) is 5.35. The van der Waals surface area contributed by atoms with Crippen LogP contribution in [-0.2, 0) is 27.2 Å². The van der Waals surface area contributed by atoms with E-state index in [-0.39, 0.29) is 28.3 Å². The summed E-state index contributed by atoms with van der Waals surface area (Å²) in [5, 5.41) is 9.90. The van der Waals surface area contributed by atoms with E-state index in [1.807, 2.05) is 0 Å². The van der Waals surface area contributed by atoms with Gasteiger partial charge in [0.15, 0.2) is 0 Å². The number of carboxylic acid groups (broad SMARTS) is 1. The number of rotatable bonds is 2. The summed E-state index contributed by atoms with van der Waals surface area (Å²) in [6, 6.07) is -0.824. The minimum Gasteiger partial charge on any atom is -0.548 e. The maximum Gasteiger partial charge on any atom is 1.00 e. The van der Waals surface area contributed by atoms with Crippen LogP contribution in [0.2, 0.25) is 0 Å². The minimum atomic E-state index is -1.18. The van der Waals surface area contributed by atoms with Gasteiger partial charge in [0.1, 0.15) is 0 Å². The third-order valence-electron chi connectivity index (χ3n) is 0.990. The molecule has 0 rings (SSSR count). The third kappa shape index (κ3) is 4.66. The molecule has 0 aliphatic carbocycles. The first kappa shape index (κ1) is 11.9. The second kappa shape index (κ2) is 5.00. The molecule has 9 heavy (non-hydrogen) atoms. The first-order valence-electron chi connectivity index (χ1n) is 2.52. The van der Waals surface area contributed by atoms with Crippen LogP contribution in [0.15, 0.2) is 0 Å². The number of nitrogens with two attached hydrogens (primary N) is 1. The normalized spacial score (nSPS) is 12.4. The van der Waals surface area contributed by atoms with Gasteiger partial charge in [-0.2, -0.15) is 0 Å². The van der Waals surface area contributed by atoms with Crippen molar-refractivity contribution in [3.63, 3.8) is 0 Å². The van der Waals surface area contributed by atoms with Crippen molar-refractivity contribution in [2.75, 3.05) is 0 Å². The molecule has 0 spiro atoms. The molecule has 2 N–H and O–H groups in total. The van der Waals surface area contributed by atoms with Crippen LogP contribution in [0.4, 0.5) is 0 Å². The van der Waals surface area contributed by atoms with Crippen molar-refractivity contribution in [3.8, 4) is 0 Å². The van der Waals surface area contributed by atoms with Gasteiger partial charge in [-0.3, -0.25) is 0 Å². The summed E-state index contributed by atoms with van der Waals surface area (Å²) in [6.07, 6.45) is 0. The Morgan fingerprint density at radius 2 is 1.89 bits per heavy atom. The van der Waals surface area contributed by atoms with Crippen LogP contribution in [0.25, 0.3) is 0 Å². The van der Waals surface area contributed by atoms with E-state index >= 15 is 0 Å². The van der Waals surface area contributed by atoms with Crippen LogP contribution in [0, 0.1) is 5.92 Å².